The second-order valence-electron chi connectivity index (χ2n) is 6.61. The number of nitrogens with zero attached hydrogens (tertiary/aromatic N) is 1. The molecule has 1 amide bonds. The van der Waals surface area contributed by atoms with E-state index in [-0.39, 0.29) is 18.4 Å². The van der Waals surface area contributed by atoms with E-state index in [2.05, 4.69) is 18.3 Å². The van der Waals surface area contributed by atoms with Crippen molar-refractivity contribution in [2.24, 2.45) is 0 Å². The summed E-state index contributed by atoms with van der Waals surface area (Å²) in [7, 11) is 1.39. The first-order valence-corrected chi connectivity index (χ1v) is 9.86. The molecular weight excluding hydrogens is 348 g/mol. The first-order chi connectivity index (χ1) is 12.5. The van der Waals surface area contributed by atoms with Gasteiger partial charge in [-0.3, -0.25) is 4.79 Å². The largest absolute Gasteiger partial charge is 0.465 e. The van der Waals surface area contributed by atoms with Crippen molar-refractivity contribution in [3.63, 3.8) is 0 Å². The number of rotatable bonds is 5. The Balaban J connectivity index is 1.83. The number of hydrogen-bond donors (Lipinski definition) is 1. The lowest BCUT2D eigenvalue weighted by Gasteiger charge is -2.11. The lowest BCUT2D eigenvalue weighted by atomic mass is 9.95. The van der Waals surface area contributed by atoms with Crippen molar-refractivity contribution >= 4 is 28.2 Å². The molecule has 0 saturated heterocycles. The summed E-state index contributed by atoms with van der Waals surface area (Å²) in [6.45, 7) is 4.30. The van der Waals surface area contributed by atoms with Gasteiger partial charge in [0, 0.05) is 23.4 Å². The summed E-state index contributed by atoms with van der Waals surface area (Å²) in [4.78, 5) is 26.1. The van der Waals surface area contributed by atoms with Crippen LogP contribution in [0.1, 0.15) is 51.8 Å². The highest BCUT2D eigenvalue weighted by atomic mass is 32.1. The van der Waals surface area contributed by atoms with Crippen molar-refractivity contribution in [2.75, 3.05) is 12.4 Å². The van der Waals surface area contributed by atoms with Crippen LogP contribution in [0.15, 0.2) is 18.3 Å². The van der Waals surface area contributed by atoms with Crippen molar-refractivity contribution in [2.45, 2.75) is 52.5 Å². The van der Waals surface area contributed by atoms with E-state index in [0.717, 1.165) is 43.4 Å². The molecule has 1 aliphatic carbocycles. The van der Waals surface area contributed by atoms with Gasteiger partial charge >= 0.3 is 5.97 Å². The van der Waals surface area contributed by atoms with Crippen LogP contribution in [0.25, 0.3) is 0 Å². The molecule has 0 unspecified atom stereocenters. The smallest absolute Gasteiger partial charge is 0.341 e. The van der Waals surface area contributed by atoms with Crippen LogP contribution in [0, 0.1) is 6.92 Å². The number of esters is 1. The Bertz CT molecular complexity index is 842. The average molecular weight is 373 g/mol. The van der Waals surface area contributed by atoms with Crippen LogP contribution in [-0.2, 0) is 35.3 Å². The van der Waals surface area contributed by atoms with E-state index in [9.17, 15) is 9.59 Å². The molecule has 1 aliphatic rings. The van der Waals surface area contributed by atoms with Gasteiger partial charge in [-0.15, -0.1) is 11.3 Å². The molecule has 2 aromatic rings. The molecule has 1 N–H and O–H groups in total. The Hall–Kier alpha value is -2.21. The monoisotopic (exact) mass is 373 g/mol. The van der Waals surface area contributed by atoms with Crippen molar-refractivity contribution in [1.29, 1.82) is 0 Å². The molecule has 0 aliphatic heterocycles. The molecule has 6 heteroatoms. The van der Waals surface area contributed by atoms with Crippen LogP contribution >= 0.6 is 11.3 Å². The molecule has 26 heavy (non-hydrogen) atoms. The minimum atomic E-state index is -0.364. The summed E-state index contributed by atoms with van der Waals surface area (Å²) in [5.74, 6) is -0.494. The van der Waals surface area contributed by atoms with Gasteiger partial charge in [-0.2, -0.15) is 4.57 Å². The van der Waals surface area contributed by atoms with Crippen molar-refractivity contribution in [3.8, 4) is 0 Å². The summed E-state index contributed by atoms with van der Waals surface area (Å²) in [6.07, 6.45) is 6.97. The number of carbonyl (C=O) groups excluding carboxylic acids is 2. The Morgan fingerprint density at radius 2 is 2.04 bits per heavy atom. The molecule has 0 bridgehead atoms. The maximum atomic E-state index is 12.6. The predicted molar refractivity (Wildman–Crippen MR) is 102 cm³/mol. The molecule has 2 heterocycles. The number of anilines is 1. The number of pyridine rings is 1. The van der Waals surface area contributed by atoms with Gasteiger partial charge in [0.25, 0.3) is 5.91 Å². The quantitative estimate of drug-likeness (QED) is 0.647. The third-order valence-electron chi connectivity index (χ3n) is 4.85. The molecule has 2 aromatic heterocycles. The number of methoxy groups -OCH3 is 1. The van der Waals surface area contributed by atoms with E-state index in [1.165, 1.54) is 28.9 Å². The second-order valence-corrected chi connectivity index (χ2v) is 7.72. The maximum absolute atomic E-state index is 12.6. The van der Waals surface area contributed by atoms with Crippen molar-refractivity contribution in [3.05, 3.63) is 45.6 Å². The normalized spacial score (nSPS) is 13.2. The van der Waals surface area contributed by atoms with Crippen LogP contribution in [0.5, 0.6) is 0 Å². The zero-order valence-corrected chi connectivity index (χ0v) is 16.4. The van der Waals surface area contributed by atoms with E-state index in [1.54, 1.807) is 0 Å². The standard InChI is InChI=1S/C20H24N2O3S/c1-4-14-10-9-13(2)22(11-14)12-17(23)21-19-18(20(24)25-3)15-7-5-6-8-16(15)26-19/h9-11H,4-8,12H2,1-3H3/p+1. The summed E-state index contributed by atoms with van der Waals surface area (Å²) in [6, 6.07) is 4.10. The van der Waals surface area contributed by atoms with Crippen molar-refractivity contribution in [1.82, 2.24) is 0 Å². The second kappa shape index (κ2) is 7.99. The number of aromatic nitrogens is 1. The zero-order valence-electron chi connectivity index (χ0n) is 15.6. The van der Waals surface area contributed by atoms with Gasteiger partial charge in [0.15, 0.2) is 11.9 Å². The molecule has 0 saturated carbocycles. The molecule has 5 nitrogen and oxygen atoms in total. The highest BCUT2D eigenvalue weighted by Crippen LogP contribution is 2.38. The third-order valence-corrected chi connectivity index (χ3v) is 6.06. The predicted octanol–water partition coefficient (Wildman–Crippen LogP) is 3.21. The van der Waals surface area contributed by atoms with E-state index in [4.69, 9.17) is 4.74 Å². The SMILES string of the molecule is CCc1ccc(C)[n+](CC(=O)Nc2sc3c(c2C(=O)OC)CCCC3)c1. The van der Waals surface area contributed by atoms with Crippen LogP contribution in [0.4, 0.5) is 5.00 Å². The number of thiophene rings is 1. The van der Waals surface area contributed by atoms with Gasteiger partial charge in [0.1, 0.15) is 5.00 Å². The van der Waals surface area contributed by atoms with Gasteiger partial charge < -0.3 is 10.1 Å². The van der Waals surface area contributed by atoms with Gasteiger partial charge in [0.05, 0.1) is 12.7 Å². The molecule has 138 valence electrons. The van der Waals surface area contributed by atoms with Crippen molar-refractivity contribution < 1.29 is 18.9 Å². The highest BCUT2D eigenvalue weighted by Gasteiger charge is 2.27. The third kappa shape index (κ3) is 3.80. The first-order valence-electron chi connectivity index (χ1n) is 9.05. The lowest BCUT2D eigenvalue weighted by Crippen LogP contribution is -2.43. The van der Waals surface area contributed by atoms with E-state index < -0.39 is 0 Å². The highest BCUT2D eigenvalue weighted by molar-refractivity contribution is 7.17. The van der Waals surface area contributed by atoms with Crippen LogP contribution < -0.4 is 9.88 Å². The molecule has 0 fully saturated rings. The molecular formula is C20H25N2O3S+. The fourth-order valence-electron chi connectivity index (χ4n) is 3.34. The molecule has 0 spiro atoms. The number of fused-ring (bicyclic) bond motifs is 1. The van der Waals surface area contributed by atoms with Gasteiger partial charge in [-0.25, -0.2) is 4.79 Å². The van der Waals surface area contributed by atoms with Crippen LogP contribution in [-0.4, -0.2) is 19.0 Å². The number of carbonyl (C=O) groups is 2. The Morgan fingerprint density at radius 3 is 2.77 bits per heavy atom. The van der Waals surface area contributed by atoms with E-state index in [0.29, 0.717) is 10.6 Å². The summed E-state index contributed by atoms with van der Waals surface area (Å²) in [5.41, 5.74) is 3.81. The minimum Gasteiger partial charge on any atom is -0.465 e. The first kappa shape index (κ1) is 18.6. The van der Waals surface area contributed by atoms with Gasteiger partial charge in [0.2, 0.25) is 6.54 Å². The minimum absolute atomic E-state index is 0.130. The topological polar surface area (TPSA) is 59.3 Å². The Labute approximate surface area is 158 Å². The number of aryl methyl sites for hydroxylation is 3. The fourth-order valence-corrected chi connectivity index (χ4v) is 4.63. The lowest BCUT2D eigenvalue weighted by molar-refractivity contribution is -0.690. The van der Waals surface area contributed by atoms with Gasteiger partial charge in [-0.05, 0) is 43.7 Å². The molecule has 0 radical (unpaired) electrons. The summed E-state index contributed by atoms with van der Waals surface area (Å²) >= 11 is 1.51. The molecule has 0 atom stereocenters. The summed E-state index contributed by atoms with van der Waals surface area (Å²) < 4.78 is 6.91. The Kier molecular flexibility index (Phi) is 5.71. The zero-order chi connectivity index (χ0) is 18.7. The van der Waals surface area contributed by atoms with E-state index >= 15 is 0 Å². The Morgan fingerprint density at radius 1 is 1.27 bits per heavy atom. The number of hydrogen-bond acceptors (Lipinski definition) is 4. The van der Waals surface area contributed by atoms with Crippen LogP contribution in [0.3, 0.4) is 0 Å². The molecule has 3 rings (SSSR count). The van der Waals surface area contributed by atoms with Crippen LogP contribution in [0.2, 0.25) is 0 Å². The molecule has 0 aromatic carbocycles. The van der Waals surface area contributed by atoms with Gasteiger partial charge in [-0.1, -0.05) is 6.92 Å². The number of ether oxygens (including phenoxy) is 1. The maximum Gasteiger partial charge on any atom is 0.341 e. The number of nitrogens with one attached hydrogen (secondary N) is 1. The fraction of sp³-hybridized carbons (Fsp3) is 0.450. The van der Waals surface area contributed by atoms with E-state index in [1.807, 2.05) is 23.8 Å². The average Bonchev–Trinajstić information content (AvgIpc) is 3.00. The summed E-state index contributed by atoms with van der Waals surface area (Å²) in [5, 5.41) is 3.58. The number of amides is 1.